The number of halogens is 2. The molecule has 0 bridgehead atoms. The van der Waals surface area contributed by atoms with Crippen LogP contribution in [0.4, 0.5) is 0 Å². The van der Waals surface area contributed by atoms with E-state index in [1.807, 2.05) is 24.3 Å². The second-order valence-corrected chi connectivity index (χ2v) is 4.27. The molecule has 76 valence electrons. The Morgan fingerprint density at radius 1 is 1.07 bits per heavy atom. The van der Waals surface area contributed by atoms with Crippen molar-refractivity contribution >= 4 is 28.8 Å². The number of rotatable bonds is 1. The Morgan fingerprint density at radius 3 is 2.33 bits per heavy atom. The van der Waals surface area contributed by atoms with Crippen molar-refractivity contribution in [2.45, 2.75) is 6.92 Å². The van der Waals surface area contributed by atoms with Gasteiger partial charge in [0.05, 0.1) is 0 Å². The van der Waals surface area contributed by atoms with Gasteiger partial charge in [-0.2, -0.15) is 0 Å². The average Bonchev–Trinajstić information content (AvgIpc) is 2.69. The van der Waals surface area contributed by atoms with Crippen LogP contribution in [0.15, 0.2) is 48.1 Å². The predicted octanol–water partition coefficient (Wildman–Crippen LogP) is 4.89. The predicted molar refractivity (Wildman–Crippen MR) is 67.3 cm³/mol. The number of hydrogen-bond acceptors (Lipinski definition) is 0. The lowest BCUT2D eigenvalue weighted by molar-refractivity contribution is 1.53. The fourth-order valence-electron chi connectivity index (χ4n) is 1.57. The molecule has 2 rings (SSSR count). The minimum atomic E-state index is 0.666. The summed E-state index contributed by atoms with van der Waals surface area (Å²) >= 11 is 12.0. The van der Waals surface area contributed by atoms with Crippen LogP contribution in [0.1, 0.15) is 12.5 Å². The first-order chi connectivity index (χ1) is 7.18. The lowest BCUT2D eigenvalue weighted by Crippen LogP contribution is -1.84. The highest BCUT2D eigenvalue weighted by molar-refractivity contribution is 6.35. The Balaban J connectivity index is 2.50. The molecule has 1 aliphatic carbocycles. The van der Waals surface area contributed by atoms with Gasteiger partial charge in [-0.1, -0.05) is 53.6 Å². The van der Waals surface area contributed by atoms with Crippen molar-refractivity contribution < 1.29 is 0 Å². The van der Waals surface area contributed by atoms with Crippen molar-refractivity contribution in [3.8, 4) is 0 Å². The van der Waals surface area contributed by atoms with Crippen LogP contribution in [0.25, 0.3) is 5.57 Å². The van der Waals surface area contributed by atoms with Crippen LogP contribution in [0.3, 0.4) is 0 Å². The first kappa shape index (κ1) is 10.5. The van der Waals surface area contributed by atoms with Gasteiger partial charge in [0.2, 0.25) is 0 Å². The van der Waals surface area contributed by atoms with E-state index >= 15 is 0 Å². The molecule has 0 fully saturated rings. The van der Waals surface area contributed by atoms with E-state index in [-0.39, 0.29) is 0 Å². The molecule has 0 aliphatic heterocycles. The van der Waals surface area contributed by atoms with Gasteiger partial charge in [-0.05, 0) is 35.8 Å². The van der Waals surface area contributed by atoms with Crippen molar-refractivity contribution in [3.05, 3.63) is 63.7 Å². The fourth-order valence-corrected chi connectivity index (χ4v) is 2.12. The number of allylic oxidation sites excluding steroid dienone is 6. The molecule has 0 aromatic heterocycles. The van der Waals surface area contributed by atoms with Gasteiger partial charge in [0, 0.05) is 10.0 Å². The summed E-state index contributed by atoms with van der Waals surface area (Å²) in [5.74, 6) is 0. The van der Waals surface area contributed by atoms with Crippen LogP contribution in [0.5, 0.6) is 0 Å². The zero-order valence-electron chi connectivity index (χ0n) is 8.30. The maximum atomic E-state index is 6.14. The molecule has 15 heavy (non-hydrogen) atoms. The van der Waals surface area contributed by atoms with Crippen molar-refractivity contribution in [1.29, 1.82) is 0 Å². The van der Waals surface area contributed by atoms with E-state index in [4.69, 9.17) is 23.2 Å². The third-order valence-electron chi connectivity index (χ3n) is 2.43. The fraction of sp³-hybridized carbons (Fsp3) is 0.0769. The van der Waals surface area contributed by atoms with Crippen molar-refractivity contribution in [1.82, 2.24) is 0 Å². The van der Waals surface area contributed by atoms with E-state index in [2.05, 4.69) is 19.1 Å². The zero-order valence-corrected chi connectivity index (χ0v) is 9.81. The minimum absolute atomic E-state index is 0.666. The molecule has 2 heteroatoms. The summed E-state index contributed by atoms with van der Waals surface area (Å²) in [5, 5.41) is 1.36. The molecule has 0 amide bonds. The monoisotopic (exact) mass is 236 g/mol. The summed E-state index contributed by atoms with van der Waals surface area (Å²) in [6, 6.07) is 5.58. The van der Waals surface area contributed by atoms with Crippen molar-refractivity contribution in [2.75, 3.05) is 0 Å². The third kappa shape index (κ3) is 2.17. The molecular weight excluding hydrogens is 227 g/mol. The SMILES string of the molecule is CC(=C1C=CC=C1)c1ccc(Cl)cc1Cl. The molecule has 0 spiro atoms. The molecule has 1 aromatic rings. The van der Waals surface area contributed by atoms with Gasteiger partial charge in [-0.15, -0.1) is 0 Å². The van der Waals surface area contributed by atoms with Gasteiger partial charge in [0.15, 0.2) is 0 Å². The summed E-state index contributed by atoms with van der Waals surface area (Å²) < 4.78 is 0. The average molecular weight is 237 g/mol. The molecule has 1 aliphatic rings. The smallest absolute Gasteiger partial charge is 0.0496 e. The second kappa shape index (κ2) is 4.26. The van der Waals surface area contributed by atoms with Crippen LogP contribution in [0, 0.1) is 0 Å². The molecule has 0 radical (unpaired) electrons. The molecule has 0 heterocycles. The van der Waals surface area contributed by atoms with Crippen LogP contribution >= 0.6 is 23.2 Å². The number of benzene rings is 1. The largest absolute Gasteiger partial charge is 0.0843 e. The highest BCUT2D eigenvalue weighted by Gasteiger charge is 2.06. The molecule has 0 saturated heterocycles. The maximum absolute atomic E-state index is 6.14. The van der Waals surface area contributed by atoms with Gasteiger partial charge in [-0.3, -0.25) is 0 Å². The van der Waals surface area contributed by atoms with Gasteiger partial charge in [0.25, 0.3) is 0 Å². The first-order valence-electron chi connectivity index (χ1n) is 4.69. The summed E-state index contributed by atoms with van der Waals surface area (Å²) in [6.07, 6.45) is 8.17. The molecule has 0 nitrogen and oxygen atoms in total. The summed E-state index contributed by atoms with van der Waals surface area (Å²) in [6.45, 7) is 2.06. The Kier molecular flexibility index (Phi) is 2.99. The lowest BCUT2D eigenvalue weighted by atomic mass is 10.0. The Morgan fingerprint density at radius 2 is 1.73 bits per heavy atom. The molecular formula is C13H10Cl2. The first-order valence-corrected chi connectivity index (χ1v) is 5.45. The Hall–Kier alpha value is -0.980. The van der Waals surface area contributed by atoms with Crippen LogP contribution in [-0.4, -0.2) is 0 Å². The quantitative estimate of drug-likeness (QED) is 0.652. The molecule has 0 unspecified atom stereocenters. The maximum Gasteiger partial charge on any atom is 0.0496 e. The molecule has 0 saturated carbocycles. The van der Waals surface area contributed by atoms with E-state index in [1.54, 1.807) is 6.07 Å². The summed E-state index contributed by atoms with van der Waals surface area (Å²) in [5.41, 5.74) is 3.40. The second-order valence-electron chi connectivity index (χ2n) is 3.42. The third-order valence-corrected chi connectivity index (χ3v) is 2.98. The minimum Gasteiger partial charge on any atom is -0.0843 e. The Bertz CT molecular complexity index is 465. The topological polar surface area (TPSA) is 0 Å². The standard InChI is InChI=1S/C13H10Cl2/c1-9(10-4-2-3-5-10)12-7-6-11(14)8-13(12)15/h2-8H,1H3. The van der Waals surface area contributed by atoms with E-state index in [1.165, 1.54) is 11.1 Å². The molecule has 0 N–H and O–H groups in total. The highest BCUT2D eigenvalue weighted by atomic mass is 35.5. The van der Waals surface area contributed by atoms with E-state index < -0.39 is 0 Å². The van der Waals surface area contributed by atoms with Crippen LogP contribution in [0.2, 0.25) is 10.0 Å². The normalized spacial score (nSPS) is 13.7. The van der Waals surface area contributed by atoms with E-state index in [0.717, 1.165) is 5.56 Å². The Labute approximate surface area is 99.5 Å². The van der Waals surface area contributed by atoms with Crippen molar-refractivity contribution in [3.63, 3.8) is 0 Å². The number of hydrogen-bond donors (Lipinski definition) is 0. The van der Waals surface area contributed by atoms with Crippen molar-refractivity contribution in [2.24, 2.45) is 0 Å². The lowest BCUT2D eigenvalue weighted by Gasteiger charge is -2.07. The van der Waals surface area contributed by atoms with E-state index in [9.17, 15) is 0 Å². The molecule has 0 atom stereocenters. The summed E-state index contributed by atoms with van der Waals surface area (Å²) in [7, 11) is 0. The highest BCUT2D eigenvalue weighted by Crippen LogP contribution is 2.30. The van der Waals surface area contributed by atoms with E-state index in [0.29, 0.717) is 10.0 Å². The summed E-state index contributed by atoms with van der Waals surface area (Å²) in [4.78, 5) is 0. The van der Waals surface area contributed by atoms with Gasteiger partial charge in [-0.25, -0.2) is 0 Å². The van der Waals surface area contributed by atoms with Gasteiger partial charge >= 0.3 is 0 Å². The van der Waals surface area contributed by atoms with Gasteiger partial charge in [0.1, 0.15) is 0 Å². The van der Waals surface area contributed by atoms with Crippen LogP contribution in [-0.2, 0) is 0 Å². The van der Waals surface area contributed by atoms with Crippen LogP contribution < -0.4 is 0 Å². The molecule has 1 aromatic carbocycles. The van der Waals surface area contributed by atoms with Gasteiger partial charge < -0.3 is 0 Å². The zero-order chi connectivity index (χ0) is 10.8.